The lowest BCUT2D eigenvalue weighted by atomic mass is 10.3. The van der Waals surface area contributed by atoms with Crippen molar-refractivity contribution in [3.63, 3.8) is 0 Å². The van der Waals surface area contributed by atoms with E-state index in [1.807, 2.05) is 37.4 Å². The first kappa shape index (κ1) is 10.7. The Morgan fingerprint density at radius 3 is 2.64 bits per heavy atom. The lowest BCUT2D eigenvalue weighted by Gasteiger charge is -1.97. The molecular formula is C11H17N3. The quantitative estimate of drug-likeness (QED) is 0.693. The van der Waals surface area contributed by atoms with Crippen LogP contribution in [0.2, 0.25) is 0 Å². The second-order valence-corrected chi connectivity index (χ2v) is 2.80. The van der Waals surface area contributed by atoms with E-state index in [2.05, 4.69) is 23.1 Å². The zero-order chi connectivity index (χ0) is 10.6. The van der Waals surface area contributed by atoms with Crippen LogP contribution in [0.1, 0.15) is 32.3 Å². The Bertz CT molecular complexity index is 404. The van der Waals surface area contributed by atoms with Crippen LogP contribution in [-0.4, -0.2) is 14.6 Å². The first-order valence-corrected chi connectivity index (χ1v) is 5.12. The molecule has 3 heteroatoms. The lowest BCUT2D eigenvalue weighted by molar-refractivity contribution is 0.850. The summed E-state index contributed by atoms with van der Waals surface area (Å²) in [7, 11) is 0. The van der Waals surface area contributed by atoms with Crippen molar-refractivity contribution in [2.75, 3.05) is 0 Å². The summed E-state index contributed by atoms with van der Waals surface area (Å²) in [4.78, 5) is 4.27. The number of fused-ring (bicyclic) bond motifs is 1. The average Bonchev–Trinajstić information content (AvgIpc) is 2.60. The summed E-state index contributed by atoms with van der Waals surface area (Å²) in [5.41, 5.74) is 2.14. The summed E-state index contributed by atoms with van der Waals surface area (Å²) in [6, 6.07) is 6.06. The van der Waals surface area contributed by atoms with Crippen LogP contribution in [0.15, 0.2) is 18.2 Å². The molecule has 0 aliphatic rings. The second kappa shape index (κ2) is 4.74. The van der Waals surface area contributed by atoms with E-state index in [4.69, 9.17) is 0 Å². The molecule has 0 N–H and O–H groups in total. The van der Waals surface area contributed by atoms with Crippen LogP contribution in [0, 0.1) is 6.92 Å². The lowest BCUT2D eigenvalue weighted by Crippen LogP contribution is -1.95. The molecule has 14 heavy (non-hydrogen) atoms. The highest BCUT2D eigenvalue weighted by Gasteiger charge is 2.00. The third-order valence-electron chi connectivity index (χ3n) is 1.91. The Balaban J connectivity index is 0.000000461. The molecule has 0 spiro atoms. The van der Waals surface area contributed by atoms with Crippen LogP contribution >= 0.6 is 0 Å². The van der Waals surface area contributed by atoms with Gasteiger partial charge in [-0.3, -0.25) is 0 Å². The Morgan fingerprint density at radius 2 is 2.00 bits per heavy atom. The SMILES string of the molecule is CC.CCc1cccc2nc(C)nn12. The minimum atomic E-state index is 0.830. The van der Waals surface area contributed by atoms with Gasteiger partial charge in [-0.05, 0) is 25.5 Å². The molecule has 2 aromatic heterocycles. The minimum Gasteiger partial charge on any atom is -0.218 e. The molecular weight excluding hydrogens is 174 g/mol. The van der Waals surface area contributed by atoms with Crippen LogP contribution in [0.3, 0.4) is 0 Å². The van der Waals surface area contributed by atoms with E-state index < -0.39 is 0 Å². The molecule has 0 saturated heterocycles. The molecule has 0 aromatic carbocycles. The number of hydrogen-bond donors (Lipinski definition) is 0. The van der Waals surface area contributed by atoms with E-state index in [-0.39, 0.29) is 0 Å². The fraction of sp³-hybridized carbons (Fsp3) is 0.455. The molecule has 0 saturated carbocycles. The van der Waals surface area contributed by atoms with E-state index in [0.717, 1.165) is 17.9 Å². The molecule has 76 valence electrons. The van der Waals surface area contributed by atoms with E-state index in [0.29, 0.717) is 0 Å². The van der Waals surface area contributed by atoms with Gasteiger partial charge in [0, 0.05) is 5.69 Å². The third kappa shape index (κ3) is 1.92. The fourth-order valence-electron chi connectivity index (χ4n) is 1.33. The van der Waals surface area contributed by atoms with Gasteiger partial charge >= 0.3 is 0 Å². The summed E-state index contributed by atoms with van der Waals surface area (Å²) in [5, 5.41) is 4.29. The normalized spacial score (nSPS) is 9.71. The standard InChI is InChI=1S/C9H11N3.C2H6/c1-3-8-5-4-6-9-10-7(2)11-12(8)9;1-2/h4-6H,3H2,1-2H3;1-2H3. The molecule has 0 fully saturated rings. The maximum atomic E-state index is 4.29. The van der Waals surface area contributed by atoms with Gasteiger partial charge in [0.1, 0.15) is 5.82 Å². The molecule has 0 aliphatic carbocycles. The zero-order valence-corrected chi connectivity index (χ0v) is 9.28. The van der Waals surface area contributed by atoms with Crippen LogP contribution < -0.4 is 0 Å². The Kier molecular flexibility index (Phi) is 3.63. The maximum absolute atomic E-state index is 4.29. The monoisotopic (exact) mass is 191 g/mol. The smallest absolute Gasteiger partial charge is 0.155 e. The summed E-state index contributed by atoms with van der Waals surface area (Å²) in [6.07, 6.45) is 0.986. The third-order valence-corrected chi connectivity index (χ3v) is 1.91. The van der Waals surface area contributed by atoms with Gasteiger partial charge in [-0.25, -0.2) is 9.50 Å². The second-order valence-electron chi connectivity index (χ2n) is 2.80. The topological polar surface area (TPSA) is 30.2 Å². The van der Waals surface area contributed by atoms with Gasteiger partial charge in [-0.15, -0.1) is 0 Å². The van der Waals surface area contributed by atoms with Crippen molar-refractivity contribution in [3.05, 3.63) is 29.7 Å². The first-order valence-electron chi connectivity index (χ1n) is 5.12. The Hall–Kier alpha value is -1.38. The first-order chi connectivity index (χ1) is 6.81. The molecule has 3 nitrogen and oxygen atoms in total. The number of nitrogens with zero attached hydrogens (tertiary/aromatic N) is 3. The van der Waals surface area contributed by atoms with Crippen LogP contribution in [-0.2, 0) is 6.42 Å². The highest BCUT2D eigenvalue weighted by Crippen LogP contribution is 2.05. The van der Waals surface area contributed by atoms with Gasteiger partial charge in [-0.2, -0.15) is 5.10 Å². The largest absolute Gasteiger partial charge is 0.218 e. The van der Waals surface area contributed by atoms with Crippen LogP contribution in [0.4, 0.5) is 0 Å². The van der Waals surface area contributed by atoms with Gasteiger partial charge in [0.2, 0.25) is 0 Å². The zero-order valence-electron chi connectivity index (χ0n) is 9.28. The number of aromatic nitrogens is 3. The van der Waals surface area contributed by atoms with Crippen molar-refractivity contribution >= 4 is 5.65 Å². The molecule has 0 radical (unpaired) electrons. The van der Waals surface area contributed by atoms with Gasteiger partial charge in [0.25, 0.3) is 0 Å². The number of pyridine rings is 1. The van der Waals surface area contributed by atoms with Crippen molar-refractivity contribution in [2.24, 2.45) is 0 Å². The molecule has 2 heterocycles. The average molecular weight is 191 g/mol. The Labute approximate surface area is 84.8 Å². The maximum Gasteiger partial charge on any atom is 0.155 e. The molecule has 2 rings (SSSR count). The van der Waals surface area contributed by atoms with E-state index in [1.165, 1.54) is 5.69 Å². The van der Waals surface area contributed by atoms with Crippen molar-refractivity contribution in [2.45, 2.75) is 34.1 Å². The predicted molar refractivity (Wildman–Crippen MR) is 58.5 cm³/mol. The van der Waals surface area contributed by atoms with Gasteiger partial charge in [0.05, 0.1) is 0 Å². The summed E-state index contributed by atoms with van der Waals surface area (Å²) in [6.45, 7) is 8.03. The minimum absolute atomic E-state index is 0.830. The van der Waals surface area contributed by atoms with Gasteiger partial charge in [-0.1, -0.05) is 26.8 Å². The molecule has 2 aromatic rings. The predicted octanol–water partition coefficient (Wildman–Crippen LogP) is 2.63. The van der Waals surface area contributed by atoms with Gasteiger partial charge in [0.15, 0.2) is 5.65 Å². The number of hydrogen-bond acceptors (Lipinski definition) is 2. The van der Waals surface area contributed by atoms with E-state index in [1.54, 1.807) is 0 Å². The molecule has 0 bridgehead atoms. The molecule has 0 unspecified atom stereocenters. The highest BCUT2D eigenvalue weighted by molar-refractivity contribution is 5.38. The number of rotatable bonds is 1. The molecule has 0 amide bonds. The summed E-state index contributed by atoms with van der Waals surface area (Å²) < 4.78 is 1.90. The van der Waals surface area contributed by atoms with Crippen molar-refractivity contribution in [3.8, 4) is 0 Å². The van der Waals surface area contributed by atoms with Crippen LogP contribution in [0.25, 0.3) is 5.65 Å². The highest BCUT2D eigenvalue weighted by atomic mass is 15.3. The Morgan fingerprint density at radius 1 is 1.29 bits per heavy atom. The molecule has 0 atom stereocenters. The summed E-state index contributed by atoms with van der Waals surface area (Å²) >= 11 is 0. The van der Waals surface area contributed by atoms with Crippen LogP contribution in [0.5, 0.6) is 0 Å². The van der Waals surface area contributed by atoms with Crippen molar-refractivity contribution < 1.29 is 0 Å². The van der Waals surface area contributed by atoms with Gasteiger partial charge < -0.3 is 0 Å². The molecule has 0 aliphatic heterocycles. The number of aryl methyl sites for hydroxylation is 2. The van der Waals surface area contributed by atoms with E-state index >= 15 is 0 Å². The summed E-state index contributed by atoms with van der Waals surface area (Å²) in [5.74, 6) is 0.830. The van der Waals surface area contributed by atoms with E-state index in [9.17, 15) is 0 Å². The fourth-order valence-corrected chi connectivity index (χ4v) is 1.33. The van der Waals surface area contributed by atoms with Crippen molar-refractivity contribution in [1.29, 1.82) is 0 Å². The van der Waals surface area contributed by atoms with Crippen molar-refractivity contribution in [1.82, 2.24) is 14.6 Å².